The van der Waals surface area contributed by atoms with Gasteiger partial charge in [0.05, 0.1) is 7.11 Å². The number of hydrazine groups is 1. The molecule has 2 amide bonds. The summed E-state index contributed by atoms with van der Waals surface area (Å²) < 4.78 is 5.86. The Hall–Kier alpha value is -2.65. The van der Waals surface area contributed by atoms with Crippen molar-refractivity contribution in [3.8, 4) is 16.3 Å². The quantitative estimate of drug-likeness (QED) is 0.565. The fourth-order valence-electron chi connectivity index (χ4n) is 1.99. The fraction of sp³-hybridized carbons (Fsp3) is 0.0625. The lowest BCUT2D eigenvalue weighted by Gasteiger charge is -2.04. The molecular formula is C16H13BrN4O3S. The van der Waals surface area contributed by atoms with Crippen molar-refractivity contribution in [2.24, 2.45) is 0 Å². The Bertz CT molecular complexity index is 904. The molecule has 7 nitrogen and oxygen atoms in total. The monoisotopic (exact) mass is 420 g/mol. The Balaban J connectivity index is 1.63. The molecule has 0 aliphatic heterocycles. The van der Waals surface area contributed by atoms with E-state index in [1.807, 2.05) is 24.3 Å². The maximum Gasteiger partial charge on any atom is 0.289 e. The highest BCUT2D eigenvalue weighted by Gasteiger charge is 2.14. The number of H-pyrrole nitrogens is 1. The number of rotatable bonds is 4. The molecule has 0 spiro atoms. The number of aromatic nitrogens is 2. The molecule has 0 bridgehead atoms. The second-order valence-electron chi connectivity index (χ2n) is 4.91. The minimum absolute atomic E-state index is 0.226. The van der Waals surface area contributed by atoms with E-state index < -0.39 is 11.8 Å². The third-order valence-electron chi connectivity index (χ3n) is 3.26. The number of hydrogen-bond donors (Lipinski definition) is 3. The minimum atomic E-state index is -0.491. The number of hydrogen-bond acceptors (Lipinski definition) is 5. The van der Waals surface area contributed by atoms with Crippen molar-refractivity contribution in [2.75, 3.05) is 7.11 Å². The number of halogens is 1. The fourth-order valence-corrected chi connectivity index (χ4v) is 3.14. The van der Waals surface area contributed by atoms with E-state index in [2.05, 4.69) is 36.7 Å². The van der Waals surface area contributed by atoms with Crippen molar-refractivity contribution >= 4 is 39.1 Å². The van der Waals surface area contributed by atoms with E-state index in [0.29, 0.717) is 10.7 Å². The van der Waals surface area contributed by atoms with Gasteiger partial charge in [-0.2, -0.15) is 0 Å². The molecule has 0 atom stereocenters. The maximum atomic E-state index is 12.1. The van der Waals surface area contributed by atoms with Crippen LogP contribution >= 0.6 is 27.3 Å². The van der Waals surface area contributed by atoms with Crippen molar-refractivity contribution in [2.45, 2.75) is 0 Å². The lowest BCUT2D eigenvalue weighted by molar-refractivity contribution is 0.0842. The minimum Gasteiger partial charge on any atom is -0.497 e. The average Bonchev–Trinajstić information content (AvgIpc) is 3.29. The van der Waals surface area contributed by atoms with E-state index in [0.717, 1.165) is 15.8 Å². The van der Waals surface area contributed by atoms with Gasteiger partial charge in [0.15, 0.2) is 0 Å². The molecule has 128 valence electrons. The van der Waals surface area contributed by atoms with Gasteiger partial charge in [-0.05, 0) is 46.3 Å². The molecular weight excluding hydrogens is 408 g/mol. The molecule has 2 heterocycles. The van der Waals surface area contributed by atoms with Crippen LogP contribution in [0.5, 0.6) is 5.75 Å². The average molecular weight is 421 g/mol. The summed E-state index contributed by atoms with van der Waals surface area (Å²) in [5.41, 5.74) is 6.10. The summed E-state index contributed by atoms with van der Waals surface area (Å²) in [5, 5.41) is 2.33. The first kappa shape index (κ1) is 17.2. The standard InChI is InChI=1S/C16H13BrN4O3S/c1-24-11-4-2-9(3-5-11)16-19-13(8-25-16)15(23)21-20-14(22)12-6-10(17)7-18-12/h2-8,18H,1H3,(H,20,22)(H,21,23). The second-order valence-corrected chi connectivity index (χ2v) is 6.68. The van der Waals surface area contributed by atoms with Gasteiger partial charge in [0.25, 0.3) is 11.8 Å². The molecule has 3 rings (SSSR count). The van der Waals surface area contributed by atoms with Crippen molar-refractivity contribution in [1.82, 2.24) is 20.8 Å². The summed E-state index contributed by atoms with van der Waals surface area (Å²) in [7, 11) is 1.60. The largest absolute Gasteiger partial charge is 0.497 e. The van der Waals surface area contributed by atoms with Gasteiger partial charge in [-0.3, -0.25) is 20.4 Å². The van der Waals surface area contributed by atoms with Crippen LogP contribution in [0.1, 0.15) is 21.0 Å². The van der Waals surface area contributed by atoms with E-state index in [1.165, 1.54) is 11.3 Å². The lowest BCUT2D eigenvalue weighted by Crippen LogP contribution is -2.41. The number of ether oxygens (including phenoxy) is 1. The molecule has 9 heteroatoms. The first-order valence-electron chi connectivity index (χ1n) is 7.11. The van der Waals surface area contributed by atoms with E-state index in [1.54, 1.807) is 24.8 Å². The van der Waals surface area contributed by atoms with Crippen molar-refractivity contribution in [1.29, 1.82) is 0 Å². The van der Waals surface area contributed by atoms with Gasteiger partial charge in [0.2, 0.25) is 0 Å². The normalized spacial score (nSPS) is 10.3. The van der Waals surface area contributed by atoms with E-state index in [-0.39, 0.29) is 5.69 Å². The number of methoxy groups -OCH3 is 1. The molecule has 2 aromatic heterocycles. The Kier molecular flexibility index (Phi) is 5.15. The Morgan fingerprint density at radius 3 is 2.56 bits per heavy atom. The lowest BCUT2D eigenvalue weighted by atomic mass is 10.2. The van der Waals surface area contributed by atoms with Gasteiger partial charge in [-0.15, -0.1) is 11.3 Å². The zero-order chi connectivity index (χ0) is 17.8. The third kappa shape index (κ3) is 4.06. The van der Waals surface area contributed by atoms with Crippen LogP contribution in [0.3, 0.4) is 0 Å². The van der Waals surface area contributed by atoms with E-state index in [9.17, 15) is 9.59 Å². The zero-order valence-corrected chi connectivity index (χ0v) is 15.4. The molecule has 0 saturated heterocycles. The summed E-state index contributed by atoms with van der Waals surface area (Å²) in [6, 6.07) is 8.98. The van der Waals surface area contributed by atoms with Gasteiger partial charge in [-0.25, -0.2) is 4.98 Å². The number of carbonyl (C=O) groups excluding carboxylic acids is 2. The predicted octanol–water partition coefficient (Wildman–Crippen LogP) is 2.98. The third-order valence-corrected chi connectivity index (χ3v) is 4.60. The molecule has 3 N–H and O–H groups in total. The van der Waals surface area contributed by atoms with E-state index in [4.69, 9.17) is 4.74 Å². The van der Waals surface area contributed by atoms with Crippen molar-refractivity contribution < 1.29 is 14.3 Å². The molecule has 0 fully saturated rings. The molecule has 3 aromatic rings. The first-order chi connectivity index (χ1) is 12.1. The number of carbonyl (C=O) groups is 2. The van der Waals surface area contributed by atoms with Gasteiger partial charge in [-0.1, -0.05) is 0 Å². The first-order valence-corrected chi connectivity index (χ1v) is 8.78. The number of amides is 2. The van der Waals surface area contributed by atoms with Crippen LogP contribution in [0.4, 0.5) is 0 Å². The molecule has 0 unspecified atom stereocenters. The Morgan fingerprint density at radius 1 is 1.20 bits per heavy atom. The Labute approximate surface area is 155 Å². The van der Waals surface area contributed by atoms with Gasteiger partial charge in [0, 0.05) is 21.6 Å². The predicted molar refractivity (Wildman–Crippen MR) is 97.5 cm³/mol. The highest BCUT2D eigenvalue weighted by atomic mass is 79.9. The molecule has 0 aliphatic rings. The zero-order valence-electron chi connectivity index (χ0n) is 13.0. The smallest absolute Gasteiger partial charge is 0.289 e. The van der Waals surface area contributed by atoms with Crippen LogP contribution in [-0.4, -0.2) is 28.9 Å². The van der Waals surface area contributed by atoms with Gasteiger partial charge in [0.1, 0.15) is 22.1 Å². The van der Waals surface area contributed by atoms with Crippen LogP contribution in [0.15, 0.2) is 46.4 Å². The van der Waals surface area contributed by atoms with Crippen LogP contribution < -0.4 is 15.6 Å². The van der Waals surface area contributed by atoms with Gasteiger partial charge < -0.3 is 9.72 Å². The highest BCUT2D eigenvalue weighted by Crippen LogP contribution is 2.25. The SMILES string of the molecule is COc1ccc(-c2nc(C(=O)NNC(=O)c3cc(Br)c[nH]3)cs2)cc1. The molecule has 0 aliphatic carbocycles. The summed E-state index contributed by atoms with van der Waals surface area (Å²) in [6.45, 7) is 0. The number of benzene rings is 1. The topological polar surface area (TPSA) is 96.1 Å². The van der Waals surface area contributed by atoms with Crippen LogP contribution in [0, 0.1) is 0 Å². The van der Waals surface area contributed by atoms with Crippen molar-refractivity contribution in [3.63, 3.8) is 0 Å². The number of thiazole rings is 1. The summed E-state index contributed by atoms with van der Waals surface area (Å²) in [4.78, 5) is 31.0. The van der Waals surface area contributed by atoms with Gasteiger partial charge >= 0.3 is 0 Å². The molecule has 0 saturated carbocycles. The number of nitrogens with one attached hydrogen (secondary N) is 3. The summed E-state index contributed by atoms with van der Waals surface area (Å²) in [5.74, 6) is -0.198. The molecule has 25 heavy (non-hydrogen) atoms. The summed E-state index contributed by atoms with van der Waals surface area (Å²) >= 11 is 4.58. The van der Waals surface area contributed by atoms with Crippen molar-refractivity contribution in [3.05, 3.63) is 57.8 Å². The maximum absolute atomic E-state index is 12.1. The summed E-state index contributed by atoms with van der Waals surface area (Å²) in [6.07, 6.45) is 1.62. The molecule has 1 aromatic carbocycles. The highest BCUT2D eigenvalue weighted by molar-refractivity contribution is 9.10. The second kappa shape index (κ2) is 7.49. The van der Waals surface area contributed by atoms with E-state index >= 15 is 0 Å². The van der Waals surface area contributed by atoms with Crippen LogP contribution in [0.25, 0.3) is 10.6 Å². The number of nitrogens with zero attached hydrogens (tertiary/aromatic N) is 1. The Morgan fingerprint density at radius 2 is 1.92 bits per heavy atom. The number of aromatic amines is 1. The van der Waals surface area contributed by atoms with Crippen LogP contribution in [-0.2, 0) is 0 Å². The van der Waals surface area contributed by atoms with Crippen LogP contribution in [0.2, 0.25) is 0 Å². The molecule has 0 radical (unpaired) electrons.